The molecule has 0 aromatic rings. The molecule has 0 saturated heterocycles. The third-order valence-electron chi connectivity index (χ3n) is 5.10. The summed E-state index contributed by atoms with van der Waals surface area (Å²) < 4.78 is 0. The summed E-state index contributed by atoms with van der Waals surface area (Å²) in [6.45, 7) is 3.92. The second kappa shape index (κ2) is 11.8. The second-order valence-corrected chi connectivity index (χ2v) is 7.33. The van der Waals surface area contributed by atoms with E-state index < -0.39 is 0 Å². The van der Waals surface area contributed by atoms with Crippen LogP contribution in [0.5, 0.6) is 0 Å². The maximum absolute atomic E-state index is 12.2. The number of unbranched alkanes of at least 4 members (excludes halogenated alkanes) is 8. The molecule has 1 rings (SSSR count). The number of ketones is 2. The molecule has 1 aliphatic carbocycles. The molecule has 1 fully saturated rings. The van der Waals surface area contributed by atoms with Crippen LogP contribution in [0.4, 0.5) is 0 Å². The van der Waals surface area contributed by atoms with Crippen molar-refractivity contribution in [2.24, 2.45) is 11.8 Å². The smallest absolute Gasteiger partial charge is 0.135 e. The fourth-order valence-electron chi connectivity index (χ4n) is 3.77. The standard InChI is InChI=1S/C20H36O2/c1-3-4-5-6-7-8-9-10-11-12-20(22)19-14-13-18(16-19)15-17(2)21/h18-19H,3-16H2,1-2H3/t18?,19-/m1/s1. The summed E-state index contributed by atoms with van der Waals surface area (Å²) in [5.74, 6) is 1.49. The van der Waals surface area contributed by atoms with E-state index in [1.165, 1.54) is 51.4 Å². The van der Waals surface area contributed by atoms with Crippen molar-refractivity contribution in [3.8, 4) is 0 Å². The van der Waals surface area contributed by atoms with Gasteiger partial charge in [-0.2, -0.15) is 0 Å². The summed E-state index contributed by atoms with van der Waals surface area (Å²) in [5.41, 5.74) is 0. The van der Waals surface area contributed by atoms with Crippen LogP contribution >= 0.6 is 0 Å². The first-order chi connectivity index (χ1) is 10.6. The zero-order chi connectivity index (χ0) is 16.2. The maximum atomic E-state index is 12.2. The molecule has 22 heavy (non-hydrogen) atoms. The molecular weight excluding hydrogens is 272 g/mol. The summed E-state index contributed by atoms with van der Waals surface area (Å²) in [5, 5.41) is 0. The monoisotopic (exact) mass is 308 g/mol. The molecule has 0 radical (unpaired) electrons. The van der Waals surface area contributed by atoms with Crippen LogP contribution in [0.1, 0.15) is 104 Å². The van der Waals surface area contributed by atoms with Gasteiger partial charge in [-0.3, -0.25) is 4.79 Å². The van der Waals surface area contributed by atoms with Crippen molar-refractivity contribution < 1.29 is 9.59 Å². The van der Waals surface area contributed by atoms with Gasteiger partial charge in [0, 0.05) is 18.8 Å². The molecule has 0 heterocycles. The largest absolute Gasteiger partial charge is 0.300 e. The van der Waals surface area contributed by atoms with Gasteiger partial charge in [0.2, 0.25) is 0 Å². The molecule has 1 saturated carbocycles. The molecule has 0 aromatic heterocycles. The minimum atomic E-state index is 0.262. The first-order valence-electron chi connectivity index (χ1n) is 9.65. The van der Waals surface area contributed by atoms with Crippen LogP contribution in [0.25, 0.3) is 0 Å². The van der Waals surface area contributed by atoms with Gasteiger partial charge < -0.3 is 4.79 Å². The first kappa shape index (κ1) is 19.4. The number of Topliss-reactive ketones (excluding diaryl/α,β-unsaturated/α-hetero) is 2. The lowest BCUT2D eigenvalue weighted by Gasteiger charge is -2.09. The Morgan fingerprint density at radius 2 is 1.45 bits per heavy atom. The fraction of sp³-hybridized carbons (Fsp3) is 0.900. The van der Waals surface area contributed by atoms with Gasteiger partial charge in [0.1, 0.15) is 11.6 Å². The van der Waals surface area contributed by atoms with E-state index >= 15 is 0 Å². The van der Waals surface area contributed by atoms with Crippen molar-refractivity contribution in [3.63, 3.8) is 0 Å². The predicted octanol–water partition coefficient (Wildman–Crippen LogP) is 5.87. The molecule has 0 aromatic carbocycles. The lowest BCUT2D eigenvalue weighted by molar-refractivity contribution is -0.123. The third-order valence-corrected chi connectivity index (χ3v) is 5.10. The summed E-state index contributed by atoms with van der Waals surface area (Å²) in [4.78, 5) is 23.3. The van der Waals surface area contributed by atoms with Crippen LogP contribution in [0.15, 0.2) is 0 Å². The number of rotatable bonds is 13. The van der Waals surface area contributed by atoms with E-state index in [-0.39, 0.29) is 11.7 Å². The lowest BCUT2D eigenvalue weighted by atomic mass is 9.94. The quantitative estimate of drug-likeness (QED) is 0.399. The van der Waals surface area contributed by atoms with Crippen molar-refractivity contribution in [1.82, 2.24) is 0 Å². The van der Waals surface area contributed by atoms with E-state index in [1.807, 2.05) is 0 Å². The third kappa shape index (κ3) is 8.70. The zero-order valence-corrected chi connectivity index (χ0v) is 14.9. The van der Waals surface area contributed by atoms with Crippen molar-refractivity contribution in [2.45, 2.75) is 104 Å². The Morgan fingerprint density at radius 1 is 0.864 bits per heavy atom. The van der Waals surface area contributed by atoms with E-state index in [9.17, 15) is 9.59 Å². The van der Waals surface area contributed by atoms with Crippen LogP contribution in [0.2, 0.25) is 0 Å². The molecule has 2 nitrogen and oxygen atoms in total. The number of carbonyl (C=O) groups excluding carboxylic acids is 2. The minimum absolute atomic E-state index is 0.262. The Labute approximate surface area is 137 Å². The molecule has 128 valence electrons. The molecule has 0 bridgehead atoms. The highest BCUT2D eigenvalue weighted by molar-refractivity contribution is 5.81. The zero-order valence-electron chi connectivity index (χ0n) is 14.9. The highest BCUT2D eigenvalue weighted by atomic mass is 16.1. The molecule has 0 aliphatic heterocycles. The van der Waals surface area contributed by atoms with Gasteiger partial charge in [0.25, 0.3) is 0 Å². The van der Waals surface area contributed by atoms with Gasteiger partial charge in [0.15, 0.2) is 0 Å². The van der Waals surface area contributed by atoms with E-state index in [2.05, 4.69) is 6.92 Å². The fourth-order valence-corrected chi connectivity index (χ4v) is 3.77. The average Bonchev–Trinajstić information content (AvgIpc) is 2.93. The molecule has 0 amide bonds. The van der Waals surface area contributed by atoms with Crippen LogP contribution < -0.4 is 0 Å². The van der Waals surface area contributed by atoms with Crippen LogP contribution in [0.3, 0.4) is 0 Å². The summed E-state index contributed by atoms with van der Waals surface area (Å²) in [6.07, 6.45) is 16.3. The van der Waals surface area contributed by atoms with E-state index in [4.69, 9.17) is 0 Å². The first-order valence-corrected chi connectivity index (χ1v) is 9.65. The van der Waals surface area contributed by atoms with Crippen molar-refractivity contribution >= 4 is 11.6 Å². The molecule has 1 unspecified atom stereocenters. The van der Waals surface area contributed by atoms with E-state index in [0.717, 1.165) is 32.1 Å². The average molecular weight is 309 g/mol. The number of hydrogen-bond acceptors (Lipinski definition) is 2. The highest BCUT2D eigenvalue weighted by Gasteiger charge is 2.29. The highest BCUT2D eigenvalue weighted by Crippen LogP contribution is 2.34. The maximum Gasteiger partial charge on any atom is 0.135 e. The summed E-state index contributed by atoms with van der Waals surface area (Å²) in [7, 11) is 0. The number of carbonyl (C=O) groups is 2. The van der Waals surface area contributed by atoms with Crippen LogP contribution in [-0.4, -0.2) is 11.6 Å². The minimum Gasteiger partial charge on any atom is -0.300 e. The van der Waals surface area contributed by atoms with Gasteiger partial charge in [-0.1, -0.05) is 58.3 Å². The SMILES string of the molecule is CCCCCCCCCCCC(=O)[C@@H]1CCC(CC(C)=O)C1. The lowest BCUT2D eigenvalue weighted by Crippen LogP contribution is -2.11. The van der Waals surface area contributed by atoms with Crippen LogP contribution in [-0.2, 0) is 9.59 Å². The second-order valence-electron chi connectivity index (χ2n) is 7.33. The molecular formula is C20H36O2. The Bertz CT molecular complexity index is 322. The Morgan fingerprint density at radius 3 is 2.05 bits per heavy atom. The summed E-state index contributed by atoms with van der Waals surface area (Å²) in [6, 6.07) is 0. The Balaban J connectivity index is 1.97. The molecule has 0 spiro atoms. The Kier molecular flexibility index (Phi) is 10.4. The van der Waals surface area contributed by atoms with E-state index in [1.54, 1.807) is 6.92 Å². The normalized spacial score (nSPS) is 21.2. The van der Waals surface area contributed by atoms with Crippen molar-refractivity contribution in [3.05, 3.63) is 0 Å². The van der Waals surface area contributed by atoms with Gasteiger partial charge in [-0.25, -0.2) is 0 Å². The van der Waals surface area contributed by atoms with Crippen molar-refractivity contribution in [2.75, 3.05) is 0 Å². The van der Waals surface area contributed by atoms with Gasteiger partial charge in [-0.15, -0.1) is 0 Å². The van der Waals surface area contributed by atoms with Crippen molar-refractivity contribution in [1.29, 1.82) is 0 Å². The van der Waals surface area contributed by atoms with Gasteiger partial charge >= 0.3 is 0 Å². The molecule has 1 aliphatic rings. The molecule has 0 N–H and O–H groups in total. The summed E-state index contributed by atoms with van der Waals surface area (Å²) >= 11 is 0. The van der Waals surface area contributed by atoms with Crippen LogP contribution in [0, 0.1) is 11.8 Å². The Hall–Kier alpha value is -0.660. The molecule has 2 heteroatoms. The topological polar surface area (TPSA) is 34.1 Å². The number of hydrogen-bond donors (Lipinski definition) is 0. The predicted molar refractivity (Wildman–Crippen MR) is 93.0 cm³/mol. The van der Waals surface area contributed by atoms with Gasteiger partial charge in [0.05, 0.1) is 0 Å². The van der Waals surface area contributed by atoms with E-state index in [0.29, 0.717) is 18.1 Å². The molecule has 2 atom stereocenters. The van der Waals surface area contributed by atoms with Gasteiger partial charge in [-0.05, 0) is 38.5 Å².